The first-order valence-electron chi connectivity index (χ1n) is 6.31. The van der Waals surface area contributed by atoms with Crippen molar-refractivity contribution in [2.24, 2.45) is 0 Å². The van der Waals surface area contributed by atoms with Gasteiger partial charge in [0.15, 0.2) is 5.76 Å². The van der Waals surface area contributed by atoms with Crippen LogP contribution in [0.3, 0.4) is 0 Å². The van der Waals surface area contributed by atoms with Crippen molar-refractivity contribution >= 4 is 23.4 Å². The van der Waals surface area contributed by atoms with Gasteiger partial charge in [-0.3, -0.25) is 0 Å². The molecule has 0 aromatic carbocycles. The molecule has 0 aliphatic carbocycles. The number of halogens is 1. The number of nitriles is 1. The third-order valence-electron chi connectivity index (χ3n) is 3.44. The monoisotopic (exact) mass is 304 g/mol. The maximum atomic E-state index is 9.36. The van der Waals surface area contributed by atoms with Gasteiger partial charge in [-0.25, -0.2) is 4.98 Å². The molecule has 3 rings (SSSR count). The number of fused-ring (bicyclic) bond motifs is 1. The quantitative estimate of drug-likeness (QED) is 0.731. The lowest BCUT2D eigenvalue weighted by molar-refractivity contribution is 0.578. The topological polar surface area (TPSA) is 49.8 Å². The summed E-state index contributed by atoms with van der Waals surface area (Å²) in [4.78, 5) is 4.38. The van der Waals surface area contributed by atoms with E-state index >= 15 is 0 Å². The number of rotatable bonds is 1. The van der Waals surface area contributed by atoms with Gasteiger partial charge < -0.3 is 4.42 Å². The van der Waals surface area contributed by atoms with Crippen molar-refractivity contribution in [3.63, 3.8) is 0 Å². The van der Waals surface area contributed by atoms with E-state index < -0.39 is 0 Å². The molecule has 0 spiro atoms. The van der Waals surface area contributed by atoms with Crippen LogP contribution < -0.4 is 0 Å². The molecule has 0 saturated carbocycles. The normalized spacial score (nSPS) is 16.5. The van der Waals surface area contributed by atoms with E-state index in [-0.39, 0.29) is 9.90 Å². The van der Waals surface area contributed by atoms with E-state index in [2.05, 4.69) is 24.9 Å². The highest BCUT2D eigenvalue weighted by Crippen LogP contribution is 2.43. The molecule has 0 unspecified atom stereocenters. The molecule has 0 amide bonds. The maximum absolute atomic E-state index is 9.36. The summed E-state index contributed by atoms with van der Waals surface area (Å²) in [7, 11) is 0. The van der Waals surface area contributed by atoms with Crippen molar-refractivity contribution in [2.45, 2.75) is 30.8 Å². The fourth-order valence-corrected chi connectivity index (χ4v) is 3.80. The molecule has 2 aromatic rings. The number of furan rings is 1. The summed E-state index contributed by atoms with van der Waals surface area (Å²) in [5.74, 6) is 1.52. The smallest absolute Gasteiger partial charge is 0.152 e. The minimum absolute atomic E-state index is 0.101. The molecule has 2 aromatic heterocycles. The summed E-state index contributed by atoms with van der Waals surface area (Å²) in [6.45, 7) is 4.37. The van der Waals surface area contributed by atoms with E-state index in [9.17, 15) is 5.26 Å². The van der Waals surface area contributed by atoms with Gasteiger partial charge in [-0.15, -0.1) is 0 Å². The first-order valence-corrected chi connectivity index (χ1v) is 7.67. The van der Waals surface area contributed by atoms with Crippen LogP contribution in [0.25, 0.3) is 11.5 Å². The molecule has 1 aliphatic rings. The summed E-state index contributed by atoms with van der Waals surface area (Å²) in [6.07, 6.45) is 2.43. The minimum Gasteiger partial charge on any atom is -0.463 e. The Bertz CT molecular complexity index is 702. The van der Waals surface area contributed by atoms with Crippen molar-refractivity contribution in [1.29, 1.82) is 5.26 Å². The van der Waals surface area contributed by atoms with Crippen LogP contribution in [0, 0.1) is 11.3 Å². The van der Waals surface area contributed by atoms with Crippen LogP contribution >= 0.6 is 23.4 Å². The van der Waals surface area contributed by atoms with Crippen molar-refractivity contribution in [2.75, 3.05) is 0 Å². The predicted molar refractivity (Wildman–Crippen MR) is 80.7 cm³/mol. The molecule has 0 radical (unpaired) electrons. The molecule has 20 heavy (non-hydrogen) atoms. The zero-order chi connectivity index (χ0) is 14.3. The van der Waals surface area contributed by atoms with Gasteiger partial charge in [-0.2, -0.15) is 17.0 Å². The van der Waals surface area contributed by atoms with Crippen LogP contribution in [0.4, 0.5) is 0 Å². The standard InChI is InChI=1S/C15H13ClN2OS/c1-15(2)6-9-10(7-17)14(16)18-13(11(9)8-20-15)12-4-3-5-19-12/h3-5H,6,8H2,1-2H3. The van der Waals surface area contributed by atoms with Crippen molar-refractivity contribution in [3.8, 4) is 17.5 Å². The molecule has 102 valence electrons. The third kappa shape index (κ3) is 2.21. The maximum Gasteiger partial charge on any atom is 0.152 e. The summed E-state index contributed by atoms with van der Waals surface area (Å²) in [5, 5.41) is 9.63. The summed E-state index contributed by atoms with van der Waals surface area (Å²) in [5.41, 5.74) is 3.36. The Hall–Kier alpha value is -1.44. The molecule has 1 aliphatic heterocycles. The molecule has 0 atom stereocenters. The fourth-order valence-electron chi connectivity index (χ4n) is 2.47. The molecule has 0 N–H and O–H groups in total. The Labute approximate surface area is 127 Å². The largest absolute Gasteiger partial charge is 0.463 e. The van der Waals surface area contributed by atoms with Gasteiger partial charge in [0.1, 0.15) is 16.9 Å². The van der Waals surface area contributed by atoms with Crippen LogP contribution in [0.2, 0.25) is 5.15 Å². The Morgan fingerprint density at radius 3 is 2.90 bits per heavy atom. The Morgan fingerprint density at radius 2 is 2.25 bits per heavy atom. The number of nitrogens with zero attached hydrogens (tertiary/aromatic N) is 2. The van der Waals surface area contributed by atoms with Gasteiger partial charge in [0.25, 0.3) is 0 Å². The van der Waals surface area contributed by atoms with E-state index in [4.69, 9.17) is 16.0 Å². The fraction of sp³-hybridized carbons (Fsp3) is 0.333. The van der Waals surface area contributed by atoms with E-state index in [0.717, 1.165) is 29.0 Å². The molecular formula is C15H13ClN2OS. The van der Waals surface area contributed by atoms with E-state index in [0.29, 0.717) is 11.3 Å². The third-order valence-corrected chi connectivity index (χ3v) is 5.08. The second-order valence-electron chi connectivity index (χ2n) is 5.40. The first kappa shape index (κ1) is 13.5. The zero-order valence-electron chi connectivity index (χ0n) is 11.2. The van der Waals surface area contributed by atoms with Crippen LogP contribution in [0.15, 0.2) is 22.8 Å². The predicted octanol–water partition coefficient (Wildman–Crippen LogP) is 4.43. The zero-order valence-corrected chi connectivity index (χ0v) is 12.8. The lowest BCUT2D eigenvalue weighted by atomic mass is 9.92. The average Bonchev–Trinajstić information content (AvgIpc) is 2.90. The van der Waals surface area contributed by atoms with E-state index in [1.165, 1.54) is 0 Å². The van der Waals surface area contributed by atoms with E-state index in [1.807, 2.05) is 23.9 Å². The van der Waals surface area contributed by atoms with Gasteiger partial charge in [0.05, 0.1) is 11.8 Å². The minimum atomic E-state index is 0.101. The van der Waals surface area contributed by atoms with Gasteiger partial charge in [-0.05, 0) is 29.7 Å². The van der Waals surface area contributed by atoms with Crippen molar-refractivity contribution in [3.05, 3.63) is 40.2 Å². The second-order valence-corrected chi connectivity index (χ2v) is 7.44. The average molecular weight is 305 g/mol. The van der Waals surface area contributed by atoms with Gasteiger partial charge in [0, 0.05) is 10.5 Å². The molecular weight excluding hydrogens is 292 g/mol. The lowest BCUT2D eigenvalue weighted by Gasteiger charge is -2.32. The summed E-state index contributed by atoms with van der Waals surface area (Å²) < 4.78 is 5.55. The van der Waals surface area contributed by atoms with Crippen molar-refractivity contribution in [1.82, 2.24) is 4.98 Å². The van der Waals surface area contributed by atoms with E-state index in [1.54, 1.807) is 6.26 Å². The Kier molecular flexibility index (Phi) is 3.27. The van der Waals surface area contributed by atoms with Crippen molar-refractivity contribution < 1.29 is 4.42 Å². The molecule has 0 saturated heterocycles. The molecule has 5 heteroatoms. The molecule has 0 bridgehead atoms. The molecule has 0 fully saturated rings. The summed E-state index contributed by atoms with van der Waals surface area (Å²) in [6, 6.07) is 5.90. The number of hydrogen-bond donors (Lipinski definition) is 0. The Balaban J connectivity index is 2.26. The highest BCUT2D eigenvalue weighted by Gasteiger charge is 2.32. The lowest BCUT2D eigenvalue weighted by Crippen LogP contribution is -2.25. The Morgan fingerprint density at radius 1 is 1.45 bits per heavy atom. The van der Waals surface area contributed by atoms with Gasteiger partial charge in [0.2, 0.25) is 0 Å². The van der Waals surface area contributed by atoms with Crippen LogP contribution in [-0.4, -0.2) is 9.73 Å². The van der Waals surface area contributed by atoms with Gasteiger partial charge in [-0.1, -0.05) is 25.4 Å². The summed E-state index contributed by atoms with van der Waals surface area (Å²) >= 11 is 8.06. The number of hydrogen-bond acceptors (Lipinski definition) is 4. The number of aromatic nitrogens is 1. The van der Waals surface area contributed by atoms with Crippen LogP contribution in [-0.2, 0) is 12.2 Å². The van der Waals surface area contributed by atoms with Crippen LogP contribution in [0.5, 0.6) is 0 Å². The van der Waals surface area contributed by atoms with Gasteiger partial charge >= 0.3 is 0 Å². The number of thioether (sulfide) groups is 1. The van der Waals surface area contributed by atoms with Crippen LogP contribution in [0.1, 0.15) is 30.5 Å². The second kappa shape index (κ2) is 4.83. The first-order chi connectivity index (χ1) is 9.52. The SMILES string of the molecule is CC1(C)Cc2c(C#N)c(Cl)nc(-c3ccco3)c2CS1. The highest BCUT2D eigenvalue weighted by atomic mass is 35.5. The highest BCUT2D eigenvalue weighted by molar-refractivity contribution is 7.99. The molecule has 3 nitrogen and oxygen atoms in total. The molecule has 3 heterocycles. The number of pyridine rings is 1.